The van der Waals surface area contributed by atoms with E-state index < -0.39 is 28.7 Å². The summed E-state index contributed by atoms with van der Waals surface area (Å²) in [4.78, 5) is 5.80. The number of hydroxylamine groups is 1. The maximum Gasteiger partial charge on any atom is 0.419 e. The van der Waals surface area contributed by atoms with E-state index in [0.29, 0.717) is 38.0 Å². The molecule has 0 spiro atoms. The predicted molar refractivity (Wildman–Crippen MR) is 133 cm³/mol. The van der Waals surface area contributed by atoms with Crippen molar-refractivity contribution in [2.75, 3.05) is 19.8 Å². The number of hydrogen-bond acceptors (Lipinski definition) is 5. The third-order valence-electron chi connectivity index (χ3n) is 5.92. The summed E-state index contributed by atoms with van der Waals surface area (Å²) < 4.78 is 58.8. The van der Waals surface area contributed by atoms with E-state index in [1.807, 2.05) is 65.0 Å². The van der Waals surface area contributed by atoms with Crippen LogP contribution in [0.2, 0.25) is 0 Å². The van der Waals surface area contributed by atoms with E-state index in [2.05, 4.69) is 5.48 Å². The Morgan fingerprint density at radius 1 is 0.917 bits per heavy atom. The molecule has 0 aliphatic carbocycles. The Morgan fingerprint density at radius 2 is 1.58 bits per heavy atom. The molecule has 200 valence electrons. The minimum absolute atomic E-state index is 0.144. The highest BCUT2D eigenvalue weighted by Gasteiger charge is 2.41. The molecule has 0 unspecified atom stereocenters. The van der Waals surface area contributed by atoms with Crippen LogP contribution in [-0.2, 0) is 33.3 Å². The maximum atomic E-state index is 13.9. The molecule has 0 radical (unpaired) electrons. The van der Waals surface area contributed by atoms with Crippen LogP contribution in [-0.4, -0.2) is 36.7 Å². The van der Waals surface area contributed by atoms with E-state index in [9.17, 15) is 13.2 Å². The first-order valence-corrected chi connectivity index (χ1v) is 12.4. The SMILES string of the molecule is CC(C)(C)ONC1(CCc2ccc(OCCCc3ccccc3)c(C(F)(F)F)c2)COC(C)(C)OC1. The largest absolute Gasteiger partial charge is 0.493 e. The second-order valence-electron chi connectivity index (χ2n) is 10.8. The van der Waals surface area contributed by atoms with Gasteiger partial charge in [-0.25, -0.2) is 0 Å². The fourth-order valence-corrected chi connectivity index (χ4v) is 3.79. The van der Waals surface area contributed by atoms with Gasteiger partial charge in [-0.2, -0.15) is 18.7 Å². The summed E-state index contributed by atoms with van der Waals surface area (Å²) >= 11 is 0. The molecular weight excluding hydrogens is 471 g/mol. The summed E-state index contributed by atoms with van der Waals surface area (Å²) in [5.74, 6) is -0.870. The molecule has 2 aromatic rings. The van der Waals surface area contributed by atoms with Gasteiger partial charge < -0.3 is 14.2 Å². The van der Waals surface area contributed by atoms with E-state index in [4.69, 9.17) is 19.0 Å². The summed E-state index contributed by atoms with van der Waals surface area (Å²) in [6.07, 6.45) is -2.30. The molecule has 1 saturated heterocycles. The normalized spacial score (nSPS) is 17.7. The van der Waals surface area contributed by atoms with Crippen LogP contribution >= 0.6 is 0 Å². The lowest BCUT2D eigenvalue weighted by molar-refractivity contribution is -0.291. The fourth-order valence-electron chi connectivity index (χ4n) is 3.79. The zero-order valence-electron chi connectivity index (χ0n) is 21.8. The lowest BCUT2D eigenvalue weighted by Gasteiger charge is -2.44. The van der Waals surface area contributed by atoms with Crippen molar-refractivity contribution in [3.8, 4) is 5.75 Å². The zero-order chi connectivity index (χ0) is 26.5. The van der Waals surface area contributed by atoms with E-state index in [1.54, 1.807) is 6.07 Å². The highest BCUT2D eigenvalue weighted by molar-refractivity contribution is 5.39. The van der Waals surface area contributed by atoms with Gasteiger partial charge >= 0.3 is 6.18 Å². The average Bonchev–Trinajstić information content (AvgIpc) is 2.81. The first-order valence-electron chi connectivity index (χ1n) is 12.4. The molecule has 0 amide bonds. The van der Waals surface area contributed by atoms with Gasteiger partial charge in [0.05, 0.1) is 36.5 Å². The van der Waals surface area contributed by atoms with Gasteiger partial charge in [0.25, 0.3) is 0 Å². The molecule has 0 atom stereocenters. The number of alkyl halides is 3. The number of halogens is 3. The molecule has 1 N–H and O–H groups in total. The first kappa shape index (κ1) is 28.4. The van der Waals surface area contributed by atoms with Crippen molar-refractivity contribution in [3.63, 3.8) is 0 Å². The van der Waals surface area contributed by atoms with Gasteiger partial charge in [-0.1, -0.05) is 36.4 Å². The number of rotatable bonds is 10. The van der Waals surface area contributed by atoms with Crippen LogP contribution in [0.5, 0.6) is 5.75 Å². The van der Waals surface area contributed by atoms with E-state index >= 15 is 0 Å². The summed E-state index contributed by atoms with van der Waals surface area (Å²) in [7, 11) is 0. The van der Waals surface area contributed by atoms with Crippen LogP contribution in [0, 0.1) is 0 Å². The van der Waals surface area contributed by atoms with Crippen LogP contribution in [0.25, 0.3) is 0 Å². The van der Waals surface area contributed by atoms with Gasteiger partial charge in [-0.05, 0) is 83.6 Å². The van der Waals surface area contributed by atoms with Gasteiger partial charge in [0.2, 0.25) is 0 Å². The summed E-state index contributed by atoms with van der Waals surface area (Å²) in [6.45, 7) is 10.2. The van der Waals surface area contributed by atoms with E-state index in [-0.39, 0.29) is 12.4 Å². The molecule has 1 fully saturated rings. The Labute approximate surface area is 212 Å². The Morgan fingerprint density at radius 3 is 2.19 bits per heavy atom. The molecule has 0 saturated carbocycles. The number of hydrogen-bond donors (Lipinski definition) is 1. The second-order valence-corrected chi connectivity index (χ2v) is 10.8. The van der Waals surface area contributed by atoms with E-state index in [1.165, 1.54) is 12.1 Å². The summed E-state index contributed by atoms with van der Waals surface area (Å²) in [5, 5.41) is 0. The highest BCUT2D eigenvalue weighted by Crippen LogP contribution is 2.37. The molecular formula is C28H38F3NO4. The minimum Gasteiger partial charge on any atom is -0.493 e. The number of aryl methyl sites for hydroxylation is 2. The van der Waals surface area contributed by atoms with Crippen molar-refractivity contribution in [3.05, 3.63) is 65.2 Å². The smallest absolute Gasteiger partial charge is 0.419 e. The van der Waals surface area contributed by atoms with Gasteiger partial charge in [-0.15, -0.1) is 0 Å². The molecule has 5 nitrogen and oxygen atoms in total. The van der Waals surface area contributed by atoms with Crippen LogP contribution in [0.1, 0.15) is 64.2 Å². The van der Waals surface area contributed by atoms with Crippen LogP contribution in [0.15, 0.2) is 48.5 Å². The third kappa shape index (κ3) is 8.76. The average molecular weight is 510 g/mol. The Balaban J connectivity index is 1.66. The summed E-state index contributed by atoms with van der Waals surface area (Å²) in [5.41, 5.74) is 2.87. The van der Waals surface area contributed by atoms with Gasteiger partial charge in [-0.3, -0.25) is 4.84 Å². The fraction of sp³-hybridized carbons (Fsp3) is 0.571. The van der Waals surface area contributed by atoms with E-state index in [0.717, 1.165) is 12.0 Å². The van der Waals surface area contributed by atoms with Crippen LogP contribution < -0.4 is 10.2 Å². The van der Waals surface area contributed by atoms with Crippen LogP contribution in [0.4, 0.5) is 13.2 Å². The molecule has 1 aliphatic heterocycles. The van der Waals surface area contributed by atoms with Crippen LogP contribution in [0.3, 0.4) is 0 Å². The molecule has 8 heteroatoms. The maximum absolute atomic E-state index is 13.9. The molecule has 36 heavy (non-hydrogen) atoms. The molecule has 1 aliphatic rings. The predicted octanol–water partition coefficient (Wildman–Crippen LogP) is 6.49. The standard InChI is InChI=1S/C28H38F3NO4/c1-25(2,3)36-32-27(19-34-26(4,5)35-20-27)16-15-22-13-14-24(23(18-22)28(29,30)31)33-17-9-12-21-10-7-6-8-11-21/h6-8,10-11,13-14,18,32H,9,12,15-17,19-20H2,1-5H3. The van der Waals surface area contributed by atoms with Gasteiger partial charge in [0.15, 0.2) is 5.79 Å². The molecule has 0 bridgehead atoms. The van der Waals surface area contributed by atoms with Gasteiger partial charge in [0.1, 0.15) is 5.75 Å². The third-order valence-corrected chi connectivity index (χ3v) is 5.92. The van der Waals surface area contributed by atoms with Crippen molar-refractivity contribution in [2.24, 2.45) is 0 Å². The summed E-state index contributed by atoms with van der Waals surface area (Å²) in [6, 6.07) is 14.1. The Bertz CT molecular complexity index is 961. The molecule has 3 rings (SSSR count). The first-order chi connectivity index (χ1) is 16.8. The second kappa shape index (κ2) is 11.5. The van der Waals surface area contributed by atoms with Crippen molar-refractivity contribution in [1.29, 1.82) is 0 Å². The molecule has 1 heterocycles. The highest BCUT2D eigenvalue weighted by atomic mass is 19.4. The monoisotopic (exact) mass is 509 g/mol. The number of ether oxygens (including phenoxy) is 3. The van der Waals surface area contributed by atoms with Gasteiger partial charge in [0, 0.05) is 0 Å². The van der Waals surface area contributed by atoms with Crippen molar-refractivity contribution in [2.45, 2.75) is 83.4 Å². The van der Waals surface area contributed by atoms with Crippen molar-refractivity contribution in [1.82, 2.24) is 5.48 Å². The topological polar surface area (TPSA) is 49.0 Å². The molecule has 0 aromatic heterocycles. The van der Waals surface area contributed by atoms with Crippen molar-refractivity contribution >= 4 is 0 Å². The molecule has 2 aromatic carbocycles. The minimum atomic E-state index is -4.52. The zero-order valence-corrected chi connectivity index (χ0v) is 21.8. The van der Waals surface area contributed by atoms with Crippen molar-refractivity contribution < 1.29 is 32.2 Å². The quantitative estimate of drug-likeness (QED) is 0.293. The number of benzene rings is 2. The Kier molecular flexibility index (Phi) is 9.09. The lowest BCUT2D eigenvalue weighted by Crippen LogP contribution is -2.60. The number of nitrogens with one attached hydrogen (secondary N) is 1. The lowest BCUT2D eigenvalue weighted by atomic mass is 9.91. The Hall–Kier alpha value is -2.13.